The van der Waals surface area contributed by atoms with Crippen LogP contribution in [-0.2, 0) is 9.59 Å². The number of carbonyl (C=O) groups excluding carboxylic acids is 2. The first-order valence-electron chi connectivity index (χ1n) is 12.6. The van der Waals surface area contributed by atoms with E-state index in [1.54, 1.807) is 4.90 Å². The van der Waals surface area contributed by atoms with E-state index in [0.717, 1.165) is 30.7 Å². The van der Waals surface area contributed by atoms with Crippen molar-refractivity contribution in [1.82, 2.24) is 0 Å². The van der Waals surface area contributed by atoms with Gasteiger partial charge in [0.25, 0.3) is 5.91 Å². The first-order valence-corrected chi connectivity index (χ1v) is 12.6. The Morgan fingerprint density at radius 3 is 2.68 bits per heavy atom. The topological polar surface area (TPSA) is 67.9 Å². The fourth-order valence-electron chi connectivity index (χ4n) is 4.76. The fraction of sp³-hybridized carbons (Fsp3) is 0.500. The predicted molar refractivity (Wildman–Crippen MR) is 135 cm³/mol. The van der Waals surface area contributed by atoms with E-state index < -0.39 is 0 Å². The molecule has 0 atom stereocenters. The molecular formula is C28H36N2O4. The third-order valence-corrected chi connectivity index (χ3v) is 6.76. The van der Waals surface area contributed by atoms with E-state index in [1.807, 2.05) is 42.5 Å². The van der Waals surface area contributed by atoms with Crippen molar-refractivity contribution in [2.24, 2.45) is 5.92 Å². The van der Waals surface area contributed by atoms with Crippen molar-refractivity contribution in [2.45, 2.75) is 64.7 Å². The lowest BCUT2D eigenvalue weighted by Gasteiger charge is -2.30. The summed E-state index contributed by atoms with van der Waals surface area (Å²) in [6, 6.07) is 13.6. The number of hydrogen-bond acceptors (Lipinski definition) is 4. The number of benzene rings is 2. The summed E-state index contributed by atoms with van der Waals surface area (Å²) in [6.07, 6.45) is 9.55. The number of unbranched alkanes of at least 4 members (excludes halogenated alkanes) is 1. The van der Waals surface area contributed by atoms with E-state index in [2.05, 4.69) is 12.2 Å². The van der Waals surface area contributed by atoms with Crippen LogP contribution < -0.4 is 19.7 Å². The van der Waals surface area contributed by atoms with Crippen LogP contribution in [0.1, 0.15) is 63.4 Å². The zero-order valence-electron chi connectivity index (χ0n) is 20.2. The predicted octanol–water partition coefficient (Wildman–Crippen LogP) is 5.88. The summed E-state index contributed by atoms with van der Waals surface area (Å²) in [5.41, 5.74) is 2.64. The molecule has 1 N–H and O–H groups in total. The Kier molecular flexibility index (Phi) is 8.45. The summed E-state index contributed by atoms with van der Waals surface area (Å²) in [4.78, 5) is 26.8. The summed E-state index contributed by atoms with van der Waals surface area (Å²) < 4.78 is 11.4. The Hall–Kier alpha value is -3.02. The van der Waals surface area contributed by atoms with Gasteiger partial charge in [-0.25, -0.2) is 0 Å². The van der Waals surface area contributed by atoms with E-state index in [0.29, 0.717) is 36.9 Å². The number of nitrogens with zero attached hydrogens (tertiary/aromatic N) is 1. The van der Waals surface area contributed by atoms with E-state index in [4.69, 9.17) is 9.47 Å². The van der Waals surface area contributed by atoms with Crippen molar-refractivity contribution in [1.29, 1.82) is 0 Å². The SMILES string of the molecule is Cc1ccc(OCCCCN2C(=O)COc3ccc(NC(=O)CCC4CCCCC4)cc32)cc1. The van der Waals surface area contributed by atoms with E-state index in [9.17, 15) is 9.59 Å². The third kappa shape index (κ3) is 6.75. The van der Waals surface area contributed by atoms with Crippen LogP contribution in [0, 0.1) is 12.8 Å². The van der Waals surface area contributed by atoms with Crippen LogP contribution in [-0.4, -0.2) is 31.6 Å². The van der Waals surface area contributed by atoms with Crippen LogP contribution in [0.5, 0.6) is 11.5 Å². The molecule has 2 aromatic carbocycles. The molecule has 0 saturated heterocycles. The van der Waals surface area contributed by atoms with Crippen molar-refractivity contribution in [3.8, 4) is 11.5 Å². The third-order valence-electron chi connectivity index (χ3n) is 6.76. The molecule has 1 fully saturated rings. The molecule has 0 spiro atoms. The second-order valence-corrected chi connectivity index (χ2v) is 9.48. The van der Waals surface area contributed by atoms with E-state index in [1.165, 1.54) is 37.7 Å². The maximum Gasteiger partial charge on any atom is 0.265 e. The lowest BCUT2D eigenvalue weighted by molar-refractivity contribution is -0.121. The summed E-state index contributed by atoms with van der Waals surface area (Å²) in [5, 5.41) is 3.01. The van der Waals surface area contributed by atoms with Crippen LogP contribution in [0.15, 0.2) is 42.5 Å². The largest absolute Gasteiger partial charge is 0.494 e. The molecule has 2 amide bonds. The normalized spacial score (nSPS) is 16.0. The van der Waals surface area contributed by atoms with Gasteiger partial charge < -0.3 is 19.7 Å². The first-order chi connectivity index (χ1) is 16.6. The highest BCUT2D eigenvalue weighted by Gasteiger charge is 2.25. The average Bonchev–Trinajstić information content (AvgIpc) is 2.85. The van der Waals surface area contributed by atoms with Gasteiger partial charge in [-0.15, -0.1) is 0 Å². The number of amides is 2. The lowest BCUT2D eigenvalue weighted by Crippen LogP contribution is -2.39. The van der Waals surface area contributed by atoms with Gasteiger partial charge in [-0.1, -0.05) is 49.8 Å². The summed E-state index contributed by atoms with van der Waals surface area (Å²) >= 11 is 0. The minimum atomic E-state index is -0.0623. The number of ether oxygens (including phenoxy) is 2. The maximum absolute atomic E-state index is 12.6. The van der Waals surface area contributed by atoms with Crippen molar-refractivity contribution in [2.75, 3.05) is 30.0 Å². The Morgan fingerprint density at radius 2 is 1.88 bits per heavy atom. The average molecular weight is 465 g/mol. The molecule has 4 rings (SSSR count). The highest BCUT2D eigenvalue weighted by atomic mass is 16.5. The lowest BCUT2D eigenvalue weighted by atomic mass is 9.86. The van der Waals surface area contributed by atoms with Crippen molar-refractivity contribution >= 4 is 23.2 Å². The smallest absolute Gasteiger partial charge is 0.265 e. The summed E-state index contributed by atoms with van der Waals surface area (Å²) in [5.74, 6) is 2.19. The molecular weight excluding hydrogens is 428 g/mol. The highest BCUT2D eigenvalue weighted by molar-refractivity contribution is 5.99. The van der Waals surface area contributed by atoms with Crippen molar-refractivity contribution < 1.29 is 19.1 Å². The van der Waals surface area contributed by atoms with E-state index in [-0.39, 0.29) is 18.4 Å². The van der Waals surface area contributed by atoms with Gasteiger partial charge >= 0.3 is 0 Å². The Labute approximate surface area is 202 Å². The van der Waals surface area contributed by atoms with Gasteiger partial charge in [0.1, 0.15) is 11.5 Å². The van der Waals surface area contributed by atoms with Crippen LogP contribution in [0.2, 0.25) is 0 Å². The standard InChI is InChI=1S/C28H36N2O4/c1-21-9-13-24(14-10-21)33-18-6-5-17-30-25-19-23(12-15-26(25)34-20-28(30)32)29-27(31)16-11-22-7-3-2-4-8-22/h9-10,12-15,19,22H,2-8,11,16-18,20H2,1H3,(H,29,31). The number of fused-ring (bicyclic) bond motifs is 1. The van der Waals surface area contributed by atoms with E-state index >= 15 is 0 Å². The minimum Gasteiger partial charge on any atom is -0.494 e. The van der Waals surface area contributed by atoms with Crippen molar-refractivity contribution in [3.63, 3.8) is 0 Å². The Morgan fingerprint density at radius 1 is 1.09 bits per heavy atom. The minimum absolute atomic E-state index is 0.0355. The van der Waals surface area contributed by atoms with Crippen LogP contribution in [0.4, 0.5) is 11.4 Å². The zero-order chi connectivity index (χ0) is 23.8. The second kappa shape index (κ2) is 11.9. The maximum atomic E-state index is 12.6. The van der Waals surface area contributed by atoms with Gasteiger partial charge in [0.2, 0.25) is 5.91 Å². The van der Waals surface area contributed by atoms with Gasteiger partial charge in [-0.2, -0.15) is 0 Å². The molecule has 0 radical (unpaired) electrons. The van der Waals surface area contributed by atoms with Gasteiger partial charge in [0.15, 0.2) is 6.61 Å². The molecule has 2 aromatic rings. The van der Waals surface area contributed by atoms with Gasteiger partial charge in [-0.3, -0.25) is 9.59 Å². The Balaban J connectivity index is 1.27. The molecule has 2 aliphatic rings. The molecule has 0 unspecified atom stereocenters. The molecule has 1 heterocycles. The molecule has 34 heavy (non-hydrogen) atoms. The van der Waals surface area contributed by atoms with Crippen LogP contribution in [0.25, 0.3) is 0 Å². The number of rotatable bonds is 10. The Bertz CT molecular complexity index is 967. The molecule has 6 nitrogen and oxygen atoms in total. The van der Waals surface area contributed by atoms with Crippen LogP contribution >= 0.6 is 0 Å². The monoisotopic (exact) mass is 464 g/mol. The highest BCUT2D eigenvalue weighted by Crippen LogP contribution is 2.35. The molecule has 1 saturated carbocycles. The molecule has 6 heteroatoms. The quantitative estimate of drug-likeness (QED) is 0.446. The number of carbonyl (C=O) groups is 2. The first kappa shape index (κ1) is 24.1. The van der Waals surface area contributed by atoms with Gasteiger partial charge in [0.05, 0.1) is 12.3 Å². The molecule has 0 aromatic heterocycles. The zero-order valence-corrected chi connectivity index (χ0v) is 20.2. The number of nitrogens with one attached hydrogen (secondary N) is 1. The number of aryl methyl sites for hydroxylation is 1. The molecule has 1 aliphatic carbocycles. The second-order valence-electron chi connectivity index (χ2n) is 9.48. The van der Waals surface area contributed by atoms with Crippen LogP contribution in [0.3, 0.4) is 0 Å². The summed E-state index contributed by atoms with van der Waals surface area (Å²) in [7, 11) is 0. The summed E-state index contributed by atoms with van der Waals surface area (Å²) in [6.45, 7) is 3.28. The molecule has 182 valence electrons. The molecule has 1 aliphatic heterocycles. The van der Waals surface area contributed by atoms with Gasteiger partial charge in [-0.05, 0) is 62.4 Å². The molecule has 0 bridgehead atoms. The fourth-order valence-corrected chi connectivity index (χ4v) is 4.76. The van der Waals surface area contributed by atoms with Gasteiger partial charge in [0, 0.05) is 18.7 Å². The van der Waals surface area contributed by atoms with Crippen molar-refractivity contribution in [3.05, 3.63) is 48.0 Å². The number of anilines is 2. The number of hydrogen-bond donors (Lipinski definition) is 1.